The highest BCUT2D eigenvalue weighted by molar-refractivity contribution is 6.05. The Morgan fingerprint density at radius 1 is 1.41 bits per heavy atom. The van der Waals surface area contributed by atoms with Crippen molar-refractivity contribution >= 4 is 35.3 Å². The van der Waals surface area contributed by atoms with Crippen LogP contribution in [0.15, 0.2) is 35.7 Å². The number of rotatable bonds is 4. The molecule has 2 aromatic heterocycles. The lowest BCUT2D eigenvalue weighted by Crippen LogP contribution is -2.24. The first kappa shape index (κ1) is 16.9. The molecule has 0 fully saturated rings. The number of esters is 1. The van der Waals surface area contributed by atoms with Crippen LogP contribution in [-0.2, 0) is 18.4 Å². The molecule has 0 saturated carbocycles. The molecule has 3 aromatic rings. The molecule has 0 aliphatic carbocycles. The van der Waals surface area contributed by atoms with Gasteiger partial charge in [-0.2, -0.15) is 0 Å². The zero-order chi connectivity index (χ0) is 19.1. The fraction of sp³-hybridized carbons (Fsp3) is 0.211. The van der Waals surface area contributed by atoms with Gasteiger partial charge in [0.25, 0.3) is 5.91 Å². The molecule has 1 aliphatic rings. The monoisotopic (exact) mass is 363 g/mol. The fourth-order valence-corrected chi connectivity index (χ4v) is 3.22. The molecule has 4 rings (SSSR count). The van der Waals surface area contributed by atoms with Crippen LogP contribution in [0.3, 0.4) is 0 Å². The predicted molar refractivity (Wildman–Crippen MR) is 99.4 cm³/mol. The molecule has 1 unspecified atom stereocenters. The lowest BCUT2D eigenvalue weighted by atomic mass is 10.0. The summed E-state index contributed by atoms with van der Waals surface area (Å²) in [6, 6.07) is 5.45. The van der Waals surface area contributed by atoms with Gasteiger partial charge < -0.3 is 14.6 Å². The van der Waals surface area contributed by atoms with Gasteiger partial charge in [-0.05, 0) is 31.3 Å². The number of benzene rings is 1. The van der Waals surface area contributed by atoms with Gasteiger partial charge in [-0.15, -0.1) is 0 Å². The highest BCUT2D eigenvalue weighted by atomic mass is 16.5. The van der Waals surface area contributed by atoms with Gasteiger partial charge in [0.05, 0.1) is 5.92 Å². The van der Waals surface area contributed by atoms with Gasteiger partial charge in [0.1, 0.15) is 28.8 Å². The van der Waals surface area contributed by atoms with Crippen LogP contribution in [-0.4, -0.2) is 33.1 Å². The smallest absolute Gasteiger partial charge is 0.318 e. The van der Waals surface area contributed by atoms with E-state index in [-0.39, 0.29) is 23.5 Å². The minimum atomic E-state index is -0.319. The van der Waals surface area contributed by atoms with E-state index in [1.807, 2.05) is 12.1 Å². The van der Waals surface area contributed by atoms with E-state index in [1.54, 1.807) is 30.8 Å². The first-order valence-electron chi connectivity index (χ1n) is 8.39. The van der Waals surface area contributed by atoms with Gasteiger partial charge >= 0.3 is 5.97 Å². The zero-order valence-electron chi connectivity index (χ0n) is 14.9. The van der Waals surface area contributed by atoms with E-state index < -0.39 is 0 Å². The summed E-state index contributed by atoms with van der Waals surface area (Å²) in [6.07, 6.45) is 3.09. The van der Waals surface area contributed by atoms with E-state index in [2.05, 4.69) is 27.0 Å². The number of fused-ring (bicyclic) bond motifs is 2. The Morgan fingerprint density at radius 2 is 2.22 bits per heavy atom. The van der Waals surface area contributed by atoms with Gasteiger partial charge in [-0.3, -0.25) is 14.6 Å². The van der Waals surface area contributed by atoms with Gasteiger partial charge in [0.15, 0.2) is 5.69 Å². The summed E-state index contributed by atoms with van der Waals surface area (Å²) in [7, 11) is 1.80. The van der Waals surface area contributed by atoms with Gasteiger partial charge in [-0.1, -0.05) is 6.07 Å². The molecule has 0 saturated heterocycles. The fourth-order valence-electron chi connectivity index (χ4n) is 3.22. The van der Waals surface area contributed by atoms with Crippen molar-refractivity contribution in [3.63, 3.8) is 0 Å². The molecule has 1 aromatic carbocycles. The number of amides is 1. The summed E-state index contributed by atoms with van der Waals surface area (Å²) in [4.78, 5) is 36.6. The van der Waals surface area contributed by atoms with Crippen LogP contribution in [0.2, 0.25) is 0 Å². The molecule has 8 heteroatoms. The molecule has 136 valence electrons. The number of nitrogens with one attached hydrogen (secondary N) is 1. The third-order valence-electron chi connectivity index (χ3n) is 4.68. The minimum absolute atomic E-state index is 0.259. The average molecular weight is 363 g/mol. The van der Waals surface area contributed by atoms with Crippen LogP contribution in [0, 0.1) is 0 Å². The van der Waals surface area contributed by atoms with Crippen molar-refractivity contribution in [2.75, 3.05) is 0 Å². The van der Waals surface area contributed by atoms with Gasteiger partial charge in [-0.25, -0.2) is 9.97 Å². The number of aromatic nitrogens is 3. The maximum atomic E-state index is 12.7. The molecule has 0 spiro atoms. The van der Waals surface area contributed by atoms with E-state index in [1.165, 1.54) is 6.33 Å². The molecule has 0 bridgehead atoms. The molecule has 1 N–H and O–H groups in total. The predicted octanol–water partition coefficient (Wildman–Crippen LogP) is 2.25. The highest BCUT2D eigenvalue weighted by Gasteiger charge is 2.29. The minimum Gasteiger partial charge on any atom is -0.426 e. The van der Waals surface area contributed by atoms with Gasteiger partial charge in [0.2, 0.25) is 0 Å². The van der Waals surface area contributed by atoms with Crippen LogP contribution in [0.4, 0.5) is 5.69 Å². The Hall–Kier alpha value is -3.55. The number of hydrogen-bond donors (Lipinski definition) is 1. The molecule has 8 nitrogen and oxygen atoms in total. The number of carbonyl (C=O) groups excluding carboxylic acids is 2. The van der Waals surface area contributed by atoms with Crippen LogP contribution in [0.5, 0.6) is 5.75 Å². The molecular weight excluding hydrogens is 346 g/mol. The van der Waals surface area contributed by atoms with E-state index in [4.69, 9.17) is 4.74 Å². The number of hydrogen-bond acceptors (Lipinski definition) is 6. The number of aryl methyl sites for hydroxylation is 1. The number of aliphatic imine (C=N–C) groups is 1. The maximum absolute atomic E-state index is 12.7. The standard InChI is InChI=1S/C19H17N5O3/c1-10-12-6-11(4-5-14(12)27-19(10)26)7-21-18(25)16-17-15(22-9-23-16)13(20-2)8-24(17)3/h4-6,8-10H,2,7H2,1,3H3,(H,21,25). The molecular formula is C19H17N5O3. The largest absolute Gasteiger partial charge is 0.426 e. The Balaban J connectivity index is 1.58. The summed E-state index contributed by atoms with van der Waals surface area (Å²) in [5, 5.41) is 2.86. The number of nitrogens with zero attached hydrogens (tertiary/aromatic N) is 4. The van der Waals surface area contributed by atoms with Crippen molar-refractivity contribution in [1.29, 1.82) is 0 Å². The topological polar surface area (TPSA) is 98.5 Å². The summed E-state index contributed by atoms with van der Waals surface area (Å²) in [5.41, 5.74) is 3.75. The van der Waals surface area contributed by atoms with Crippen LogP contribution in [0.1, 0.15) is 34.5 Å². The van der Waals surface area contributed by atoms with Crippen molar-refractivity contribution in [2.24, 2.45) is 12.0 Å². The van der Waals surface area contributed by atoms with Crippen molar-refractivity contribution in [3.8, 4) is 5.75 Å². The van der Waals surface area contributed by atoms with E-state index in [9.17, 15) is 9.59 Å². The van der Waals surface area contributed by atoms with Crippen molar-refractivity contribution < 1.29 is 14.3 Å². The molecule has 27 heavy (non-hydrogen) atoms. The first-order valence-corrected chi connectivity index (χ1v) is 8.39. The second-order valence-corrected chi connectivity index (χ2v) is 6.40. The highest BCUT2D eigenvalue weighted by Crippen LogP contribution is 2.35. The molecule has 1 aliphatic heterocycles. The van der Waals surface area contributed by atoms with E-state index >= 15 is 0 Å². The Morgan fingerprint density at radius 3 is 3.00 bits per heavy atom. The molecule has 1 atom stereocenters. The molecule has 3 heterocycles. The second-order valence-electron chi connectivity index (χ2n) is 6.40. The molecule has 1 amide bonds. The molecule has 0 radical (unpaired) electrons. The Bertz CT molecular complexity index is 1100. The first-order chi connectivity index (χ1) is 13.0. The van der Waals surface area contributed by atoms with Crippen LogP contribution in [0.25, 0.3) is 11.0 Å². The summed E-state index contributed by atoms with van der Waals surface area (Å²) in [6.45, 7) is 5.63. The van der Waals surface area contributed by atoms with Gasteiger partial charge in [0, 0.05) is 25.4 Å². The van der Waals surface area contributed by atoms with E-state index in [0.717, 1.165) is 11.1 Å². The van der Waals surface area contributed by atoms with Crippen molar-refractivity contribution in [3.05, 3.63) is 47.5 Å². The quantitative estimate of drug-likeness (QED) is 0.435. The summed E-state index contributed by atoms with van der Waals surface area (Å²) in [5.74, 6) is -0.302. The van der Waals surface area contributed by atoms with E-state index in [0.29, 0.717) is 29.0 Å². The van der Waals surface area contributed by atoms with Crippen LogP contribution >= 0.6 is 0 Å². The SMILES string of the molecule is C=Nc1cn(C)c2c(C(=O)NCc3ccc4c(c3)C(C)C(=O)O4)ncnc12. The Labute approximate surface area is 154 Å². The number of ether oxygens (including phenoxy) is 1. The number of carbonyl (C=O) groups is 2. The normalized spacial score (nSPS) is 15.5. The van der Waals surface area contributed by atoms with Crippen molar-refractivity contribution in [1.82, 2.24) is 19.9 Å². The summed E-state index contributed by atoms with van der Waals surface area (Å²) < 4.78 is 6.94. The third-order valence-corrected chi connectivity index (χ3v) is 4.68. The third kappa shape index (κ3) is 2.75. The Kier molecular flexibility index (Phi) is 3.95. The summed E-state index contributed by atoms with van der Waals surface area (Å²) >= 11 is 0. The lowest BCUT2D eigenvalue weighted by Gasteiger charge is -2.08. The second kappa shape index (κ2) is 6.31. The lowest BCUT2D eigenvalue weighted by molar-refractivity contribution is -0.133. The zero-order valence-corrected chi connectivity index (χ0v) is 14.9. The maximum Gasteiger partial charge on any atom is 0.318 e. The van der Waals surface area contributed by atoms with Crippen molar-refractivity contribution in [2.45, 2.75) is 19.4 Å². The average Bonchev–Trinajstić information content (AvgIpc) is 3.16. The van der Waals surface area contributed by atoms with Crippen LogP contribution < -0.4 is 10.1 Å².